The molecule has 0 saturated heterocycles. The van der Waals surface area contributed by atoms with Gasteiger partial charge in [0.25, 0.3) is 5.91 Å². The Kier molecular flexibility index (Phi) is 6.65. The third kappa shape index (κ3) is 5.70. The van der Waals surface area contributed by atoms with E-state index >= 15 is 0 Å². The minimum Gasteiger partial charge on any atom is -0.497 e. The normalized spacial score (nSPS) is 13.4. The summed E-state index contributed by atoms with van der Waals surface area (Å²) in [6.45, 7) is 0.648. The van der Waals surface area contributed by atoms with Crippen LogP contribution < -0.4 is 8.92 Å². The first-order valence-electron chi connectivity index (χ1n) is 10.6. The van der Waals surface area contributed by atoms with E-state index < -0.39 is 15.9 Å². The summed E-state index contributed by atoms with van der Waals surface area (Å²) >= 11 is 0. The highest BCUT2D eigenvalue weighted by molar-refractivity contribution is 7.87. The van der Waals surface area contributed by atoms with E-state index in [-0.39, 0.29) is 28.7 Å². The standard InChI is InChI=1S/C25H24FNO5S/c1-31-22-11-13-23(14-12-22)33(29,30)32-24-8-3-2-5-20(24)17-27(16-18-9-10-18)25(28)19-6-4-7-21(26)15-19/h2-8,11-15,18H,9-10,16-17H2,1H3. The van der Waals surface area contributed by atoms with E-state index in [1.807, 2.05) is 0 Å². The zero-order chi connectivity index (χ0) is 23.4. The highest BCUT2D eigenvalue weighted by Crippen LogP contribution is 2.32. The summed E-state index contributed by atoms with van der Waals surface area (Å²) in [6, 6.07) is 18.1. The van der Waals surface area contributed by atoms with Crippen LogP contribution in [0.2, 0.25) is 0 Å². The molecule has 6 nitrogen and oxygen atoms in total. The van der Waals surface area contributed by atoms with E-state index in [2.05, 4.69) is 0 Å². The highest BCUT2D eigenvalue weighted by Gasteiger charge is 2.28. The van der Waals surface area contributed by atoms with Crippen molar-refractivity contribution in [1.82, 2.24) is 4.90 Å². The second-order valence-electron chi connectivity index (χ2n) is 7.96. The number of halogens is 1. The number of rotatable bonds is 9. The molecule has 1 fully saturated rings. The monoisotopic (exact) mass is 469 g/mol. The quantitative estimate of drug-likeness (QED) is 0.427. The molecular formula is C25H24FNO5S. The topological polar surface area (TPSA) is 72.9 Å². The van der Waals surface area contributed by atoms with Crippen molar-refractivity contribution in [1.29, 1.82) is 0 Å². The summed E-state index contributed by atoms with van der Waals surface area (Å²) in [7, 11) is -2.60. The molecule has 0 aliphatic heterocycles. The van der Waals surface area contributed by atoms with Crippen LogP contribution in [-0.4, -0.2) is 32.9 Å². The summed E-state index contributed by atoms with van der Waals surface area (Å²) < 4.78 is 49.9. The van der Waals surface area contributed by atoms with Gasteiger partial charge in [-0.15, -0.1) is 0 Å². The van der Waals surface area contributed by atoms with Crippen LogP contribution in [0.1, 0.15) is 28.8 Å². The number of hydrogen-bond acceptors (Lipinski definition) is 5. The highest BCUT2D eigenvalue weighted by atomic mass is 32.2. The fraction of sp³-hybridized carbons (Fsp3) is 0.240. The lowest BCUT2D eigenvalue weighted by molar-refractivity contribution is 0.0734. The van der Waals surface area contributed by atoms with Crippen LogP contribution in [0.4, 0.5) is 4.39 Å². The van der Waals surface area contributed by atoms with Gasteiger partial charge >= 0.3 is 10.1 Å². The predicted octanol–water partition coefficient (Wildman–Crippen LogP) is 4.65. The third-order valence-corrected chi connectivity index (χ3v) is 6.66. The van der Waals surface area contributed by atoms with Crippen LogP contribution in [-0.2, 0) is 16.7 Å². The molecule has 4 rings (SSSR count). The molecule has 1 amide bonds. The van der Waals surface area contributed by atoms with Gasteiger partial charge < -0.3 is 13.8 Å². The first kappa shape index (κ1) is 22.8. The Bertz CT molecular complexity index is 1240. The van der Waals surface area contributed by atoms with Crippen LogP contribution in [0, 0.1) is 11.7 Å². The SMILES string of the molecule is COc1ccc(S(=O)(=O)Oc2ccccc2CN(CC2CC2)C(=O)c2cccc(F)c2)cc1. The number of methoxy groups -OCH3 is 1. The molecule has 0 unspecified atom stereocenters. The molecule has 3 aromatic carbocycles. The Labute approximate surface area is 192 Å². The maximum Gasteiger partial charge on any atom is 0.339 e. The van der Waals surface area contributed by atoms with Crippen LogP contribution in [0.5, 0.6) is 11.5 Å². The van der Waals surface area contributed by atoms with Gasteiger partial charge in [-0.1, -0.05) is 24.3 Å². The number of para-hydroxylation sites is 1. The van der Waals surface area contributed by atoms with Crippen molar-refractivity contribution in [3.8, 4) is 11.5 Å². The van der Waals surface area contributed by atoms with Gasteiger partial charge in [0.05, 0.1) is 7.11 Å². The minimum absolute atomic E-state index is 0.0104. The average molecular weight is 470 g/mol. The van der Waals surface area contributed by atoms with E-state index in [0.29, 0.717) is 23.8 Å². The smallest absolute Gasteiger partial charge is 0.339 e. The number of hydrogen-bond donors (Lipinski definition) is 0. The molecule has 0 heterocycles. The molecule has 0 N–H and O–H groups in total. The lowest BCUT2D eigenvalue weighted by Gasteiger charge is -2.24. The molecule has 0 bridgehead atoms. The zero-order valence-electron chi connectivity index (χ0n) is 18.1. The molecule has 33 heavy (non-hydrogen) atoms. The van der Waals surface area contributed by atoms with Crippen molar-refractivity contribution in [2.45, 2.75) is 24.3 Å². The Morgan fingerprint density at radius 2 is 1.76 bits per heavy atom. The van der Waals surface area contributed by atoms with E-state index in [0.717, 1.165) is 12.8 Å². The van der Waals surface area contributed by atoms with Crippen molar-refractivity contribution in [3.05, 3.63) is 89.7 Å². The molecule has 1 saturated carbocycles. The predicted molar refractivity (Wildman–Crippen MR) is 121 cm³/mol. The van der Waals surface area contributed by atoms with Gasteiger partial charge in [-0.2, -0.15) is 8.42 Å². The zero-order valence-corrected chi connectivity index (χ0v) is 18.9. The molecule has 8 heteroatoms. The van der Waals surface area contributed by atoms with Gasteiger partial charge in [0.1, 0.15) is 22.2 Å². The van der Waals surface area contributed by atoms with Gasteiger partial charge in [-0.05, 0) is 67.3 Å². The van der Waals surface area contributed by atoms with Gasteiger partial charge in [-0.3, -0.25) is 4.79 Å². The Morgan fingerprint density at radius 1 is 1.03 bits per heavy atom. The van der Waals surface area contributed by atoms with Gasteiger partial charge in [0.15, 0.2) is 0 Å². The molecule has 0 aromatic heterocycles. The fourth-order valence-corrected chi connectivity index (χ4v) is 4.43. The van der Waals surface area contributed by atoms with E-state index in [4.69, 9.17) is 8.92 Å². The van der Waals surface area contributed by atoms with Gasteiger partial charge in [-0.25, -0.2) is 4.39 Å². The second-order valence-corrected chi connectivity index (χ2v) is 9.51. The number of nitrogens with zero attached hydrogens (tertiary/aromatic N) is 1. The van der Waals surface area contributed by atoms with Crippen LogP contribution in [0.3, 0.4) is 0 Å². The van der Waals surface area contributed by atoms with Gasteiger partial charge in [0.2, 0.25) is 0 Å². The Balaban J connectivity index is 1.58. The Hall–Kier alpha value is -3.39. The van der Waals surface area contributed by atoms with Crippen molar-refractivity contribution < 1.29 is 26.5 Å². The average Bonchev–Trinajstić information content (AvgIpc) is 3.63. The number of carbonyl (C=O) groups excluding carboxylic acids is 1. The number of amides is 1. The van der Waals surface area contributed by atoms with Crippen LogP contribution in [0.15, 0.2) is 77.7 Å². The Morgan fingerprint density at radius 3 is 2.42 bits per heavy atom. The molecule has 0 atom stereocenters. The maximum atomic E-state index is 13.7. The summed E-state index contributed by atoms with van der Waals surface area (Å²) in [4.78, 5) is 14.7. The van der Waals surface area contributed by atoms with Crippen molar-refractivity contribution in [2.24, 2.45) is 5.92 Å². The molecule has 1 aliphatic carbocycles. The molecule has 0 radical (unpaired) electrons. The summed E-state index contributed by atoms with van der Waals surface area (Å²) in [5.74, 6) is 0.261. The van der Waals surface area contributed by atoms with Crippen LogP contribution >= 0.6 is 0 Å². The summed E-state index contributed by atoms with van der Waals surface area (Å²) in [6.07, 6.45) is 2.05. The largest absolute Gasteiger partial charge is 0.497 e. The number of benzene rings is 3. The molecule has 0 spiro atoms. The van der Waals surface area contributed by atoms with Gasteiger partial charge in [0, 0.05) is 24.2 Å². The number of ether oxygens (including phenoxy) is 1. The lowest BCUT2D eigenvalue weighted by Crippen LogP contribution is -2.32. The summed E-state index contributed by atoms with van der Waals surface area (Å²) in [5.41, 5.74) is 0.792. The molecule has 1 aliphatic rings. The third-order valence-electron chi connectivity index (χ3n) is 5.42. The minimum atomic E-state index is -4.09. The lowest BCUT2D eigenvalue weighted by atomic mass is 10.1. The number of carbonyl (C=O) groups is 1. The molecule has 3 aromatic rings. The van der Waals surface area contributed by atoms with Crippen molar-refractivity contribution in [3.63, 3.8) is 0 Å². The second kappa shape index (κ2) is 9.62. The first-order chi connectivity index (χ1) is 15.9. The van der Waals surface area contributed by atoms with Crippen molar-refractivity contribution in [2.75, 3.05) is 13.7 Å². The first-order valence-corrected chi connectivity index (χ1v) is 12.0. The van der Waals surface area contributed by atoms with Crippen molar-refractivity contribution >= 4 is 16.0 Å². The molecule has 172 valence electrons. The fourth-order valence-electron chi connectivity index (χ4n) is 3.47. The van der Waals surface area contributed by atoms with E-state index in [1.165, 1.54) is 49.6 Å². The maximum absolute atomic E-state index is 13.7. The van der Waals surface area contributed by atoms with Crippen LogP contribution in [0.25, 0.3) is 0 Å². The molecular weight excluding hydrogens is 445 g/mol. The summed E-state index contributed by atoms with van der Waals surface area (Å²) in [5, 5.41) is 0. The van der Waals surface area contributed by atoms with E-state index in [1.54, 1.807) is 35.2 Å². The van der Waals surface area contributed by atoms with E-state index in [9.17, 15) is 17.6 Å².